The summed E-state index contributed by atoms with van der Waals surface area (Å²) in [4.78, 5) is 26.6. The van der Waals surface area contributed by atoms with Crippen LogP contribution in [-0.2, 0) is 19.5 Å². The Morgan fingerprint density at radius 2 is 1.03 bits per heavy atom. The highest BCUT2D eigenvalue weighted by Crippen LogP contribution is 2.39. The molecule has 2 aromatic carbocycles. The molecule has 10 rings (SSSR count). The molecule has 4 aromatic heterocycles. The van der Waals surface area contributed by atoms with Gasteiger partial charge in [0.2, 0.25) is 10.0 Å². The number of anilines is 8. The summed E-state index contributed by atoms with van der Waals surface area (Å²) >= 11 is 0. The van der Waals surface area contributed by atoms with Crippen molar-refractivity contribution in [2.45, 2.75) is 27.7 Å². The molecule has 71 heavy (non-hydrogen) atoms. The van der Waals surface area contributed by atoms with E-state index in [2.05, 4.69) is 50.6 Å². The van der Waals surface area contributed by atoms with Crippen molar-refractivity contribution >= 4 is 77.6 Å². The number of rotatable bonds is 11. The predicted molar refractivity (Wildman–Crippen MR) is 271 cm³/mol. The molecule has 0 atom stereocenters. The third-order valence-electron chi connectivity index (χ3n) is 13.1. The number of nitrogens with zero attached hydrogens (tertiary/aromatic N) is 9. The molecule has 4 aliphatic rings. The third kappa shape index (κ3) is 11.3. The second kappa shape index (κ2) is 21.7. The van der Waals surface area contributed by atoms with Crippen LogP contribution in [0.3, 0.4) is 0 Å². The number of fused-ring (bicyclic) bond motifs is 2. The van der Waals surface area contributed by atoms with E-state index >= 15 is 4.39 Å². The number of pyridine rings is 4. The highest BCUT2D eigenvalue weighted by Gasteiger charge is 2.30. The van der Waals surface area contributed by atoms with Crippen LogP contribution < -0.4 is 35.6 Å². The molecule has 0 bridgehead atoms. The van der Waals surface area contributed by atoms with E-state index in [1.54, 1.807) is 18.6 Å². The quantitative estimate of drug-likeness (QED) is 0.113. The van der Waals surface area contributed by atoms with Gasteiger partial charge in [0.05, 0.1) is 113 Å². The van der Waals surface area contributed by atoms with Crippen molar-refractivity contribution in [3.63, 3.8) is 0 Å². The van der Waals surface area contributed by atoms with E-state index < -0.39 is 33.3 Å². The maximum Gasteiger partial charge on any atom is 0.214 e. The van der Waals surface area contributed by atoms with Gasteiger partial charge < -0.3 is 45.0 Å². The first-order chi connectivity index (χ1) is 34.2. The average molecular weight is 1000 g/mol. The zero-order chi connectivity index (χ0) is 49.8. The SMILES string of the molecule is Cc1c(N2CCN(S(=O)(=O)CC(C)C)CC2)nc2cc(F)cc(F)c2c1Nc1cncc(N2CCOCC2)c1.Cc1c(N2CCNCC2)nc2cc(F)cc(F)c2c1Nc1cncc(N2CCOCC2)c1. The van der Waals surface area contributed by atoms with E-state index in [1.165, 1.54) is 16.4 Å². The van der Waals surface area contributed by atoms with Gasteiger partial charge in [0.25, 0.3) is 0 Å². The Labute approximate surface area is 411 Å². The van der Waals surface area contributed by atoms with E-state index in [0.29, 0.717) is 86.6 Å². The number of piperazine rings is 2. The second-order valence-electron chi connectivity index (χ2n) is 18.5. The van der Waals surface area contributed by atoms with Gasteiger partial charge in [0, 0.05) is 114 Å². The number of halogens is 4. The zero-order valence-electron chi connectivity index (χ0n) is 40.4. The van der Waals surface area contributed by atoms with Crippen molar-refractivity contribution < 1.29 is 35.5 Å². The van der Waals surface area contributed by atoms with Crippen LogP contribution in [0.4, 0.5) is 63.3 Å². The van der Waals surface area contributed by atoms with Gasteiger partial charge in [-0.25, -0.2) is 35.9 Å². The van der Waals surface area contributed by atoms with Crippen molar-refractivity contribution in [3.8, 4) is 0 Å². The standard InChI is InChI=1S/C27H34F2N6O3S.C23H26F2N6O/c1-18(2)17-39(36,37)35-6-4-34(5-7-35)27-19(3)26(25-23(29)12-20(28)13-24(25)32-27)31-21-14-22(16-30-15-21)33-8-10-38-11-9-33;1-15-22(28-17-12-18(14-27-13-17)30-6-8-32-9-7-30)21-19(25)10-16(24)11-20(21)29-23(15)31-4-2-26-3-5-31/h12-16,18H,4-11,17H2,1-3H3,(H,31,32);10-14,26H,2-9H2,1H3,(H,28,29). The molecule has 0 radical (unpaired) electrons. The Balaban J connectivity index is 0.000000179. The number of ether oxygens (including phenoxy) is 2. The van der Waals surface area contributed by atoms with Gasteiger partial charge in [-0.1, -0.05) is 13.8 Å². The number of hydrogen-bond donors (Lipinski definition) is 3. The Kier molecular flexibility index (Phi) is 15.2. The van der Waals surface area contributed by atoms with Crippen molar-refractivity contribution in [2.75, 3.05) is 141 Å². The first kappa shape index (κ1) is 49.8. The van der Waals surface area contributed by atoms with Crippen molar-refractivity contribution in [1.29, 1.82) is 0 Å². The molecule has 6 aromatic rings. The summed E-state index contributed by atoms with van der Waals surface area (Å²) in [6.07, 6.45) is 6.97. The fourth-order valence-electron chi connectivity index (χ4n) is 9.57. The highest BCUT2D eigenvalue weighted by atomic mass is 32.2. The maximum absolute atomic E-state index is 15.2. The Morgan fingerprint density at radius 1 is 0.592 bits per heavy atom. The molecule has 0 amide bonds. The van der Waals surface area contributed by atoms with E-state index in [0.717, 1.165) is 92.9 Å². The smallest absolute Gasteiger partial charge is 0.214 e. The van der Waals surface area contributed by atoms with Crippen molar-refractivity contribution in [2.24, 2.45) is 5.92 Å². The molecule has 0 unspecified atom stereocenters. The van der Waals surface area contributed by atoms with Crippen LogP contribution in [0.1, 0.15) is 25.0 Å². The summed E-state index contributed by atoms with van der Waals surface area (Å²) in [5, 5.41) is 10.5. The van der Waals surface area contributed by atoms with Crippen LogP contribution in [0.25, 0.3) is 21.8 Å². The van der Waals surface area contributed by atoms with Crippen LogP contribution in [0.5, 0.6) is 0 Å². The van der Waals surface area contributed by atoms with Crippen LogP contribution in [-0.4, -0.2) is 143 Å². The molecule has 0 saturated carbocycles. The fourth-order valence-corrected chi connectivity index (χ4v) is 11.3. The first-order valence-electron chi connectivity index (χ1n) is 24.1. The molecule has 0 aliphatic carbocycles. The number of morpholine rings is 2. The molecule has 4 fully saturated rings. The van der Waals surface area contributed by atoms with E-state index in [1.807, 2.05) is 50.9 Å². The predicted octanol–water partition coefficient (Wildman–Crippen LogP) is 7.11. The molecular weight excluding hydrogens is 941 g/mol. The lowest BCUT2D eigenvalue weighted by molar-refractivity contribution is 0.122. The van der Waals surface area contributed by atoms with Gasteiger partial charge in [0.1, 0.15) is 34.9 Å². The van der Waals surface area contributed by atoms with Gasteiger partial charge in [-0.15, -0.1) is 0 Å². The highest BCUT2D eigenvalue weighted by molar-refractivity contribution is 7.89. The van der Waals surface area contributed by atoms with Crippen LogP contribution in [0.2, 0.25) is 0 Å². The number of aromatic nitrogens is 4. The molecule has 0 spiro atoms. The van der Waals surface area contributed by atoms with Gasteiger partial charge in [-0.2, -0.15) is 4.31 Å². The molecule has 8 heterocycles. The lowest BCUT2D eigenvalue weighted by atomic mass is 10.1. The average Bonchev–Trinajstić information content (AvgIpc) is 3.36. The van der Waals surface area contributed by atoms with Crippen molar-refractivity contribution in [3.05, 3.63) is 95.6 Å². The maximum atomic E-state index is 15.2. The Bertz CT molecular complexity index is 2980. The van der Waals surface area contributed by atoms with Gasteiger partial charge >= 0.3 is 0 Å². The zero-order valence-corrected chi connectivity index (χ0v) is 41.3. The van der Waals surface area contributed by atoms with E-state index in [9.17, 15) is 21.6 Å². The normalized spacial score (nSPS) is 17.2. The lowest BCUT2D eigenvalue weighted by Crippen LogP contribution is -2.50. The summed E-state index contributed by atoms with van der Waals surface area (Å²) < 4.78 is 96.3. The molecule has 4 aliphatic heterocycles. The number of nitrogens with one attached hydrogen (secondary N) is 3. The van der Waals surface area contributed by atoms with Crippen LogP contribution >= 0.6 is 0 Å². The number of sulfonamides is 1. The molecular formula is C50H60F4N12O4S. The van der Waals surface area contributed by atoms with Gasteiger partial charge in [-0.3, -0.25) is 9.97 Å². The minimum atomic E-state index is -3.35. The monoisotopic (exact) mass is 1000 g/mol. The van der Waals surface area contributed by atoms with Gasteiger partial charge in [0.15, 0.2) is 0 Å². The Morgan fingerprint density at radius 3 is 1.46 bits per heavy atom. The summed E-state index contributed by atoms with van der Waals surface area (Å²) in [7, 11) is -3.35. The number of benzene rings is 2. The molecule has 3 N–H and O–H groups in total. The summed E-state index contributed by atoms with van der Waals surface area (Å²) in [6, 6.07) is 8.21. The van der Waals surface area contributed by atoms with Crippen molar-refractivity contribution in [1.82, 2.24) is 29.6 Å². The molecule has 16 nitrogen and oxygen atoms in total. The molecule has 4 saturated heterocycles. The second-order valence-corrected chi connectivity index (χ2v) is 20.6. The van der Waals surface area contributed by atoms with Crippen LogP contribution in [0.15, 0.2) is 61.2 Å². The largest absolute Gasteiger partial charge is 0.378 e. The first-order valence-corrected chi connectivity index (χ1v) is 25.7. The van der Waals surface area contributed by atoms with E-state index in [4.69, 9.17) is 9.47 Å². The minimum absolute atomic E-state index is 0.0343. The summed E-state index contributed by atoms with van der Waals surface area (Å²) in [5.41, 5.74) is 6.33. The fraction of sp³-hybridized carbons (Fsp3) is 0.440. The molecule has 21 heteroatoms. The summed E-state index contributed by atoms with van der Waals surface area (Å²) in [5.74, 6) is -1.26. The van der Waals surface area contributed by atoms with Gasteiger partial charge in [-0.05, 0) is 31.9 Å². The summed E-state index contributed by atoms with van der Waals surface area (Å²) in [6.45, 7) is 18.0. The minimum Gasteiger partial charge on any atom is -0.378 e. The molecule has 378 valence electrons. The van der Waals surface area contributed by atoms with E-state index in [-0.39, 0.29) is 28.0 Å². The Hall–Kier alpha value is -6.13. The lowest BCUT2D eigenvalue weighted by Gasteiger charge is -2.36. The number of hydrogen-bond acceptors (Lipinski definition) is 15. The topological polar surface area (TPSA) is 156 Å². The third-order valence-corrected chi connectivity index (χ3v) is 15.3. The van der Waals surface area contributed by atoms with Crippen LogP contribution in [0, 0.1) is 43.0 Å².